The molecule has 0 N–H and O–H groups in total. The Hall–Kier alpha value is -0.740. The first-order chi connectivity index (χ1) is 8.55. The largest absolute Gasteiger partial charge is 0.494 e. The van der Waals surface area contributed by atoms with E-state index in [1.165, 1.54) is 37.8 Å². The van der Waals surface area contributed by atoms with Crippen molar-refractivity contribution in [3.8, 4) is 5.75 Å². The summed E-state index contributed by atoms with van der Waals surface area (Å²) in [5.74, 6) is 1.49. The number of halogens is 1. The monoisotopic (exact) mass is 288 g/mol. The van der Waals surface area contributed by atoms with Gasteiger partial charge < -0.3 is 4.74 Å². The highest BCUT2D eigenvalue weighted by molar-refractivity contribution is 8.13. The molecule has 1 aliphatic carbocycles. The molecular weight excluding hydrogens is 272 g/mol. The minimum absolute atomic E-state index is 0.104. The van der Waals surface area contributed by atoms with Gasteiger partial charge in [0.2, 0.25) is 0 Å². The van der Waals surface area contributed by atoms with Crippen LogP contribution in [0.15, 0.2) is 29.2 Å². The summed E-state index contributed by atoms with van der Waals surface area (Å²) in [5, 5.41) is 0. The molecular formula is C13H17ClO3S. The van der Waals surface area contributed by atoms with Gasteiger partial charge in [-0.1, -0.05) is 25.7 Å². The van der Waals surface area contributed by atoms with Crippen molar-refractivity contribution in [2.75, 3.05) is 6.61 Å². The number of hydrogen-bond donors (Lipinski definition) is 0. The molecule has 1 fully saturated rings. The quantitative estimate of drug-likeness (QED) is 0.778. The van der Waals surface area contributed by atoms with Crippen molar-refractivity contribution in [3.63, 3.8) is 0 Å². The topological polar surface area (TPSA) is 43.4 Å². The number of ether oxygens (including phenoxy) is 1. The second-order valence-electron chi connectivity index (χ2n) is 4.70. The summed E-state index contributed by atoms with van der Waals surface area (Å²) in [6.45, 7) is 0.692. The van der Waals surface area contributed by atoms with Gasteiger partial charge in [-0.25, -0.2) is 8.42 Å². The van der Waals surface area contributed by atoms with Crippen LogP contribution in [0.5, 0.6) is 5.75 Å². The predicted molar refractivity (Wildman–Crippen MR) is 71.6 cm³/mol. The fourth-order valence-electron chi connectivity index (χ4n) is 2.34. The van der Waals surface area contributed by atoms with Crippen molar-refractivity contribution in [2.24, 2.45) is 5.92 Å². The second kappa shape index (κ2) is 5.93. The van der Waals surface area contributed by atoms with Crippen LogP contribution in [0.25, 0.3) is 0 Å². The van der Waals surface area contributed by atoms with Crippen LogP contribution in [0.4, 0.5) is 0 Å². The first-order valence-electron chi connectivity index (χ1n) is 6.23. The minimum Gasteiger partial charge on any atom is -0.494 e. The lowest BCUT2D eigenvalue weighted by Crippen LogP contribution is -2.03. The van der Waals surface area contributed by atoms with Gasteiger partial charge in [0, 0.05) is 10.7 Å². The van der Waals surface area contributed by atoms with Crippen LogP contribution in [0.1, 0.15) is 32.1 Å². The zero-order chi connectivity index (χ0) is 13.0. The van der Waals surface area contributed by atoms with Gasteiger partial charge in [-0.3, -0.25) is 0 Å². The van der Waals surface area contributed by atoms with Crippen molar-refractivity contribution in [3.05, 3.63) is 24.3 Å². The SMILES string of the molecule is O=S(=O)(Cl)c1ccc(OCCC2CCCC2)cc1. The highest BCUT2D eigenvalue weighted by atomic mass is 35.7. The Labute approximate surface area is 113 Å². The molecule has 0 amide bonds. The molecule has 3 nitrogen and oxygen atoms in total. The Kier molecular flexibility index (Phi) is 4.51. The van der Waals surface area contributed by atoms with E-state index in [1.807, 2.05) is 0 Å². The van der Waals surface area contributed by atoms with Gasteiger partial charge in [0.05, 0.1) is 11.5 Å². The predicted octanol–water partition coefficient (Wildman–Crippen LogP) is 3.57. The summed E-state index contributed by atoms with van der Waals surface area (Å²) in [6.07, 6.45) is 6.38. The summed E-state index contributed by atoms with van der Waals surface area (Å²) in [7, 11) is 1.60. The van der Waals surface area contributed by atoms with Crippen LogP contribution in [-0.4, -0.2) is 15.0 Å². The molecule has 1 saturated carbocycles. The van der Waals surface area contributed by atoms with Crippen LogP contribution in [-0.2, 0) is 9.05 Å². The Morgan fingerprint density at radius 2 is 1.78 bits per heavy atom. The van der Waals surface area contributed by atoms with Gasteiger partial charge in [0.15, 0.2) is 0 Å². The Morgan fingerprint density at radius 3 is 2.33 bits per heavy atom. The van der Waals surface area contributed by atoms with Crippen molar-refractivity contribution < 1.29 is 13.2 Å². The van der Waals surface area contributed by atoms with Crippen LogP contribution in [0.3, 0.4) is 0 Å². The molecule has 0 spiro atoms. The van der Waals surface area contributed by atoms with E-state index in [2.05, 4.69) is 0 Å². The van der Waals surface area contributed by atoms with E-state index in [9.17, 15) is 8.42 Å². The molecule has 5 heteroatoms. The molecule has 0 aliphatic heterocycles. The first-order valence-corrected chi connectivity index (χ1v) is 8.54. The number of rotatable bonds is 5. The van der Waals surface area contributed by atoms with Gasteiger partial charge in [0.1, 0.15) is 5.75 Å². The van der Waals surface area contributed by atoms with Crippen LogP contribution in [0, 0.1) is 5.92 Å². The minimum atomic E-state index is -3.64. The van der Waals surface area contributed by atoms with E-state index in [1.54, 1.807) is 12.1 Å². The summed E-state index contributed by atoms with van der Waals surface area (Å²) >= 11 is 0. The summed E-state index contributed by atoms with van der Waals surface area (Å²) in [5.41, 5.74) is 0. The molecule has 0 unspecified atom stereocenters. The summed E-state index contributed by atoms with van der Waals surface area (Å²) in [6, 6.07) is 6.22. The lowest BCUT2D eigenvalue weighted by atomic mass is 10.1. The number of benzene rings is 1. The molecule has 1 aliphatic rings. The normalized spacial score (nSPS) is 16.9. The molecule has 1 aromatic carbocycles. The lowest BCUT2D eigenvalue weighted by molar-refractivity contribution is 0.279. The fourth-order valence-corrected chi connectivity index (χ4v) is 3.11. The van der Waals surface area contributed by atoms with Gasteiger partial charge in [-0.15, -0.1) is 0 Å². The van der Waals surface area contributed by atoms with Gasteiger partial charge >= 0.3 is 0 Å². The zero-order valence-corrected chi connectivity index (χ0v) is 11.7. The molecule has 0 heterocycles. The third kappa shape index (κ3) is 3.89. The molecule has 1 aromatic rings. The highest BCUT2D eigenvalue weighted by Crippen LogP contribution is 2.27. The van der Waals surface area contributed by atoms with E-state index in [-0.39, 0.29) is 4.90 Å². The van der Waals surface area contributed by atoms with Crippen LogP contribution >= 0.6 is 10.7 Å². The Morgan fingerprint density at radius 1 is 1.17 bits per heavy atom. The van der Waals surface area contributed by atoms with Crippen molar-refractivity contribution in [2.45, 2.75) is 37.0 Å². The molecule has 0 atom stereocenters. The molecule has 100 valence electrons. The van der Waals surface area contributed by atoms with Gasteiger partial charge in [0.25, 0.3) is 9.05 Å². The van der Waals surface area contributed by atoms with E-state index in [4.69, 9.17) is 15.4 Å². The second-order valence-corrected chi connectivity index (χ2v) is 7.26. The van der Waals surface area contributed by atoms with Gasteiger partial charge in [-0.05, 0) is 36.6 Å². The smallest absolute Gasteiger partial charge is 0.261 e. The van der Waals surface area contributed by atoms with Crippen molar-refractivity contribution in [1.82, 2.24) is 0 Å². The number of hydrogen-bond acceptors (Lipinski definition) is 3. The van der Waals surface area contributed by atoms with Crippen LogP contribution < -0.4 is 4.74 Å². The van der Waals surface area contributed by atoms with Crippen molar-refractivity contribution >= 4 is 19.7 Å². The zero-order valence-electron chi connectivity index (χ0n) is 10.1. The molecule has 18 heavy (non-hydrogen) atoms. The third-order valence-electron chi connectivity index (χ3n) is 3.37. The average molecular weight is 289 g/mol. The Balaban J connectivity index is 1.83. The highest BCUT2D eigenvalue weighted by Gasteiger charge is 2.14. The standard InChI is InChI=1S/C13H17ClO3S/c14-18(15,16)13-7-5-12(6-8-13)17-10-9-11-3-1-2-4-11/h5-8,11H,1-4,9-10H2. The molecule has 0 radical (unpaired) electrons. The van der Waals surface area contributed by atoms with Gasteiger partial charge in [-0.2, -0.15) is 0 Å². The lowest BCUT2D eigenvalue weighted by Gasteiger charge is -2.10. The average Bonchev–Trinajstić information content (AvgIpc) is 2.82. The van der Waals surface area contributed by atoms with E-state index in [0.29, 0.717) is 12.4 Å². The van der Waals surface area contributed by atoms with Crippen molar-refractivity contribution in [1.29, 1.82) is 0 Å². The molecule has 2 rings (SSSR count). The molecule has 0 bridgehead atoms. The van der Waals surface area contributed by atoms with E-state index < -0.39 is 9.05 Å². The summed E-state index contributed by atoms with van der Waals surface area (Å²) < 4.78 is 27.7. The molecule has 0 saturated heterocycles. The maximum absolute atomic E-state index is 11.1. The maximum Gasteiger partial charge on any atom is 0.261 e. The molecule has 0 aromatic heterocycles. The third-order valence-corrected chi connectivity index (χ3v) is 4.74. The van der Waals surface area contributed by atoms with E-state index >= 15 is 0 Å². The first kappa shape index (κ1) is 13.7. The summed E-state index contributed by atoms with van der Waals surface area (Å²) in [4.78, 5) is 0.104. The fraction of sp³-hybridized carbons (Fsp3) is 0.538. The van der Waals surface area contributed by atoms with Crippen LogP contribution in [0.2, 0.25) is 0 Å². The maximum atomic E-state index is 11.1. The van der Waals surface area contributed by atoms with E-state index in [0.717, 1.165) is 12.3 Å². The Bertz CT molecular complexity index is 475.